The van der Waals surface area contributed by atoms with Crippen molar-refractivity contribution in [2.45, 2.75) is 39.7 Å². The number of para-hydroxylation sites is 2. The van der Waals surface area contributed by atoms with Crippen molar-refractivity contribution in [1.29, 1.82) is 0 Å². The van der Waals surface area contributed by atoms with Crippen LogP contribution in [0.15, 0.2) is 83.7 Å². The van der Waals surface area contributed by atoms with Gasteiger partial charge in [0.2, 0.25) is 0 Å². The number of rotatable bonds is 11. The molecule has 0 spiro atoms. The van der Waals surface area contributed by atoms with Crippen molar-refractivity contribution < 1.29 is 14.3 Å². The second kappa shape index (κ2) is 12.4. The van der Waals surface area contributed by atoms with Gasteiger partial charge in [0.05, 0.1) is 29.7 Å². The van der Waals surface area contributed by atoms with Crippen LogP contribution in [-0.2, 0) is 4.79 Å². The van der Waals surface area contributed by atoms with Crippen LogP contribution in [0.25, 0.3) is 16.6 Å². The maximum atomic E-state index is 13.9. The van der Waals surface area contributed by atoms with Gasteiger partial charge < -0.3 is 14.4 Å². The lowest BCUT2D eigenvalue weighted by atomic mass is 10.1. The third kappa shape index (κ3) is 6.05. The molecular formula is C31H35N3O4. The van der Waals surface area contributed by atoms with Gasteiger partial charge in [-0.2, -0.15) is 0 Å². The summed E-state index contributed by atoms with van der Waals surface area (Å²) < 4.78 is 12.8. The Morgan fingerprint density at radius 1 is 0.947 bits per heavy atom. The number of nitrogens with zero attached hydrogens (tertiary/aromatic N) is 3. The van der Waals surface area contributed by atoms with Gasteiger partial charge in [-0.05, 0) is 67.3 Å². The smallest absolute Gasteiger partial charge is 0.266 e. The summed E-state index contributed by atoms with van der Waals surface area (Å²) in [6.45, 7) is 6.70. The highest BCUT2D eigenvalue weighted by molar-refractivity contribution is 5.79. The number of hydrogen-bond acceptors (Lipinski definition) is 5. The van der Waals surface area contributed by atoms with Gasteiger partial charge in [0.15, 0.2) is 6.61 Å². The third-order valence-electron chi connectivity index (χ3n) is 6.57. The van der Waals surface area contributed by atoms with Crippen LogP contribution < -0.4 is 15.0 Å². The number of ether oxygens (including phenoxy) is 2. The Balaban J connectivity index is 1.81. The predicted octanol–water partition coefficient (Wildman–Crippen LogP) is 5.80. The van der Waals surface area contributed by atoms with Crippen LogP contribution in [0, 0.1) is 5.92 Å². The maximum absolute atomic E-state index is 13.9. The second-order valence-corrected chi connectivity index (χ2v) is 9.62. The topological polar surface area (TPSA) is 73.7 Å². The fourth-order valence-corrected chi connectivity index (χ4v) is 4.49. The first-order valence-electron chi connectivity index (χ1n) is 13.1. The molecule has 0 aliphatic carbocycles. The summed E-state index contributed by atoms with van der Waals surface area (Å²) in [4.78, 5) is 34.3. The van der Waals surface area contributed by atoms with E-state index in [-0.39, 0.29) is 18.1 Å². The molecule has 0 bridgehead atoms. The summed E-state index contributed by atoms with van der Waals surface area (Å²) in [6, 6.07) is 23.5. The van der Waals surface area contributed by atoms with Crippen molar-refractivity contribution in [2.24, 2.45) is 5.92 Å². The summed E-state index contributed by atoms with van der Waals surface area (Å²) >= 11 is 0. The Labute approximate surface area is 223 Å². The number of fused-ring (bicyclic) bond motifs is 1. The molecule has 0 N–H and O–H groups in total. The molecule has 0 radical (unpaired) electrons. The van der Waals surface area contributed by atoms with Crippen LogP contribution in [0.4, 0.5) is 0 Å². The summed E-state index contributed by atoms with van der Waals surface area (Å²) in [5.74, 6) is 2.10. The van der Waals surface area contributed by atoms with Crippen LogP contribution in [0.2, 0.25) is 0 Å². The fraction of sp³-hybridized carbons (Fsp3) is 0.323. The monoisotopic (exact) mass is 513 g/mol. The molecule has 4 aromatic rings. The van der Waals surface area contributed by atoms with Crippen LogP contribution >= 0.6 is 0 Å². The maximum Gasteiger partial charge on any atom is 0.266 e. The van der Waals surface area contributed by atoms with Crippen LogP contribution in [-0.4, -0.2) is 40.6 Å². The van der Waals surface area contributed by atoms with Gasteiger partial charge in [-0.15, -0.1) is 0 Å². The Bertz CT molecular complexity index is 1420. The Hall–Kier alpha value is -4.13. The van der Waals surface area contributed by atoms with Gasteiger partial charge >= 0.3 is 0 Å². The number of benzene rings is 3. The van der Waals surface area contributed by atoms with E-state index in [9.17, 15) is 9.59 Å². The highest BCUT2D eigenvalue weighted by Crippen LogP contribution is 2.28. The zero-order valence-electron chi connectivity index (χ0n) is 22.5. The zero-order chi connectivity index (χ0) is 27.1. The molecule has 7 nitrogen and oxygen atoms in total. The molecule has 38 heavy (non-hydrogen) atoms. The fourth-order valence-electron chi connectivity index (χ4n) is 4.49. The molecule has 0 saturated heterocycles. The molecular weight excluding hydrogens is 478 g/mol. The van der Waals surface area contributed by atoms with E-state index in [0.717, 1.165) is 6.42 Å². The number of hydrogen-bond donors (Lipinski definition) is 0. The molecule has 1 heterocycles. The highest BCUT2D eigenvalue weighted by atomic mass is 16.5. The van der Waals surface area contributed by atoms with Crippen molar-refractivity contribution in [3.05, 3.63) is 95.0 Å². The average Bonchev–Trinajstić information content (AvgIpc) is 2.94. The van der Waals surface area contributed by atoms with E-state index in [1.54, 1.807) is 17.7 Å². The number of aromatic nitrogens is 2. The molecule has 3 aromatic carbocycles. The van der Waals surface area contributed by atoms with Gasteiger partial charge in [0, 0.05) is 6.54 Å². The van der Waals surface area contributed by atoms with Crippen molar-refractivity contribution in [3.63, 3.8) is 0 Å². The SMILES string of the molecule is CCC(c1nc2ccccc2c(=O)n1-c1ccc(OC)cc1)N(CCC(C)C)C(=O)COc1ccccc1. The second-order valence-electron chi connectivity index (χ2n) is 9.62. The van der Waals surface area contributed by atoms with E-state index in [4.69, 9.17) is 14.5 Å². The third-order valence-corrected chi connectivity index (χ3v) is 6.57. The number of methoxy groups -OCH3 is 1. The van der Waals surface area contributed by atoms with Crippen LogP contribution in [0.3, 0.4) is 0 Å². The van der Waals surface area contributed by atoms with Crippen molar-refractivity contribution in [2.75, 3.05) is 20.3 Å². The number of amides is 1. The van der Waals surface area contributed by atoms with E-state index in [2.05, 4.69) is 13.8 Å². The Morgan fingerprint density at radius 2 is 1.63 bits per heavy atom. The van der Waals surface area contributed by atoms with Crippen molar-refractivity contribution in [3.8, 4) is 17.2 Å². The summed E-state index contributed by atoms with van der Waals surface area (Å²) in [7, 11) is 1.60. The first-order valence-corrected chi connectivity index (χ1v) is 13.1. The standard InChI is InChI=1S/C31H35N3O4/c1-5-28(33(20-19-22(2)3)29(35)21-38-25-11-7-6-8-12-25)30-32-27-14-10-9-13-26(27)31(36)34(30)23-15-17-24(37-4)18-16-23/h6-18,22,28H,5,19-21H2,1-4H3. The average molecular weight is 514 g/mol. The Kier molecular flexibility index (Phi) is 8.79. The molecule has 0 fully saturated rings. The van der Waals surface area contributed by atoms with Crippen molar-refractivity contribution >= 4 is 16.8 Å². The summed E-state index contributed by atoms with van der Waals surface area (Å²) in [5.41, 5.74) is 1.10. The van der Waals surface area contributed by atoms with E-state index in [0.29, 0.717) is 52.8 Å². The molecule has 1 unspecified atom stereocenters. The molecule has 4 rings (SSSR count). The highest BCUT2D eigenvalue weighted by Gasteiger charge is 2.29. The van der Waals surface area contributed by atoms with Gasteiger partial charge in [-0.3, -0.25) is 14.2 Å². The zero-order valence-corrected chi connectivity index (χ0v) is 22.5. The lowest BCUT2D eigenvalue weighted by Crippen LogP contribution is -2.41. The van der Waals surface area contributed by atoms with E-state index in [1.165, 1.54) is 0 Å². The molecule has 198 valence electrons. The molecule has 1 amide bonds. The van der Waals surface area contributed by atoms with Gasteiger partial charge in [0.1, 0.15) is 17.3 Å². The molecule has 0 aliphatic rings. The Morgan fingerprint density at radius 3 is 2.29 bits per heavy atom. The molecule has 0 saturated carbocycles. The minimum absolute atomic E-state index is 0.0983. The van der Waals surface area contributed by atoms with Crippen LogP contribution in [0.1, 0.15) is 45.5 Å². The molecule has 1 atom stereocenters. The minimum atomic E-state index is -0.431. The van der Waals surface area contributed by atoms with Gasteiger partial charge in [-0.25, -0.2) is 4.98 Å². The van der Waals surface area contributed by atoms with E-state index in [1.807, 2.05) is 84.6 Å². The first kappa shape index (κ1) is 26.9. The predicted molar refractivity (Wildman–Crippen MR) is 150 cm³/mol. The minimum Gasteiger partial charge on any atom is -0.497 e. The molecule has 7 heteroatoms. The molecule has 1 aromatic heterocycles. The van der Waals surface area contributed by atoms with Gasteiger partial charge in [-0.1, -0.05) is 51.1 Å². The van der Waals surface area contributed by atoms with E-state index >= 15 is 0 Å². The lowest BCUT2D eigenvalue weighted by Gasteiger charge is -2.33. The quantitative estimate of drug-likeness (QED) is 0.253. The molecule has 0 aliphatic heterocycles. The van der Waals surface area contributed by atoms with Gasteiger partial charge in [0.25, 0.3) is 11.5 Å². The summed E-state index contributed by atoms with van der Waals surface area (Å²) in [6.07, 6.45) is 1.39. The summed E-state index contributed by atoms with van der Waals surface area (Å²) in [5, 5.41) is 0.523. The van der Waals surface area contributed by atoms with Crippen LogP contribution in [0.5, 0.6) is 11.5 Å². The van der Waals surface area contributed by atoms with Crippen molar-refractivity contribution in [1.82, 2.24) is 14.5 Å². The van der Waals surface area contributed by atoms with E-state index < -0.39 is 6.04 Å². The normalized spacial score (nSPS) is 11.9. The number of carbonyl (C=O) groups is 1. The first-order chi connectivity index (χ1) is 18.4. The number of carbonyl (C=O) groups excluding carboxylic acids is 1. The largest absolute Gasteiger partial charge is 0.497 e. The lowest BCUT2D eigenvalue weighted by molar-refractivity contribution is -0.136.